The number of benzene rings is 2. The topological polar surface area (TPSA) is 65.9 Å². The van der Waals surface area contributed by atoms with Gasteiger partial charge in [-0.1, -0.05) is 29.0 Å². The molecule has 3 aromatic rings. The molecular formula is C23H26ClN3O3S. The highest BCUT2D eigenvalue weighted by Gasteiger charge is 2.20. The summed E-state index contributed by atoms with van der Waals surface area (Å²) >= 11 is 7.80. The van der Waals surface area contributed by atoms with Gasteiger partial charge in [0.05, 0.1) is 16.8 Å². The van der Waals surface area contributed by atoms with Gasteiger partial charge in [0.25, 0.3) is 0 Å². The smallest absolute Gasteiger partial charge is 0.303 e. The zero-order valence-electron chi connectivity index (χ0n) is 17.5. The van der Waals surface area contributed by atoms with Gasteiger partial charge in [-0.05, 0) is 54.8 Å². The fourth-order valence-corrected chi connectivity index (χ4v) is 5.08. The normalized spacial score (nSPS) is 14.8. The molecule has 0 unspecified atom stereocenters. The monoisotopic (exact) mass is 459 g/mol. The van der Waals surface area contributed by atoms with Crippen LogP contribution in [-0.4, -0.2) is 53.7 Å². The van der Waals surface area contributed by atoms with Crippen LogP contribution in [-0.2, 0) is 11.3 Å². The number of fused-ring (bicyclic) bond motifs is 1. The number of hydrogen-bond donors (Lipinski definition) is 1. The quantitative estimate of drug-likeness (QED) is 0.487. The summed E-state index contributed by atoms with van der Waals surface area (Å²) in [6, 6.07) is 12.1. The molecule has 4 rings (SSSR count). The Morgan fingerprint density at radius 3 is 2.77 bits per heavy atom. The summed E-state index contributed by atoms with van der Waals surface area (Å²) in [6.45, 7) is 7.18. The van der Waals surface area contributed by atoms with Gasteiger partial charge in [-0.15, -0.1) is 0 Å². The lowest BCUT2D eigenvalue weighted by Gasteiger charge is -2.34. The molecule has 1 N–H and O–H groups in total. The van der Waals surface area contributed by atoms with Crippen molar-refractivity contribution in [2.75, 3.05) is 37.7 Å². The maximum atomic E-state index is 10.6. The Morgan fingerprint density at radius 2 is 2.00 bits per heavy atom. The van der Waals surface area contributed by atoms with Crippen LogP contribution in [0.1, 0.15) is 24.0 Å². The Morgan fingerprint density at radius 1 is 1.19 bits per heavy atom. The number of carbonyl (C=O) groups is 1. The minimum atomic E-state index is -0.790. The van der Waals surface area contributed by atoms with E-state index in [1.54, 1.807) is 11.3 Å². The van der Waals surface area contributed by atoms with Crippen molar-refractivity contribution in [2.24, 2.45) is 0 Å². The molecule has 0 amide bonds. The molecule has 1 saturated heterocycles. The first-order chi connectivity index (χ1) is 15.0. The number of carboxylic acid groups (broad SMARTS) is 1. The molecule has 0 saturated carbocycles. The number of aliphatic carboxylic acids is 1. The highest BCUT2D eigenvalue weighted by Crippen LogP contribution is 2.31. The number of carboxylic acids is 1. The summed E-state index contributed by atoms with van der Waals surface area (Å²) in [4.78, 5) is 20.2. The highest BCUT2D eigenvalue weighted by molar-refractivity contribution is 7.22. The van der Waals surface area contributed by atoms with Crippen LogP contribution in [0.4, 0.5) is 5.13 Å². The van der Waals surface area contributed by atoms with Gasteiger partial charge in [-0.2, -0.15) is 0 Å². The molecule has 6 nitrogen and oxygen atoms in total. The third-order valence-electron chi connectivity index (χ3n) is 5.30. The second-order valence-corrected chi connectivity index (χ2v) is 9.32. The molecular weight excluding hydrogens is 434 g/mol. The maximum Gasteiger partial charge on any atom is 0.303 e. The summed E-state index contributed by atoms with van der Waals surface area (Å²) in [7, 11) is 0. The number of piperazine rings is 1. The number of anilines is 1. The van der Waals surface area contributed by atoms with Gasteiger partial charge in [-0.3, -0.25) is 9.69 Å². The molecule has 2 aromatic carbocycles. The number of halogens is 1. The van der Waals surface area contributed by atoms with Gasteiger partial charge in [0, 0.05) is 44.2 Å². The zero-order chi connectivity index (χ0) is 21.8. The molecule has 1 aromatic heterocycles. The number of nitrogens with zero attached hydrogens (tertiary/aromatic N) is 3. The van der Waals surface area contributed by atoms with E-state index in [2.05, 4.69) is 28.9 Å². The Balaban J connectivity index is 1.32. The van der Waals surface area contributed by atoms with E-state index in [0.717, 1.165) is 64.4 Å². The minimum Gasteiger partial charge on any atom is -0.494 e. The molecule has 0 aliphatic carbocycles. The molecule has 1 aliphatic heterocycles. The average molecular weight is 460 g/mol. The molecule has 8 heteroatoms. The van der Waals surface area contributed by atoms with Crippen LogP contribution in [0.3, 0.4) is 0 Å². The van der Waals surface area contributed by atoms with Gasteiger partial charge in [-0.25, -0.2) is 4.98 Å². The molecule has 0 atom stereocenters. The van der Waals surface area contributed by atoms with Crippen molar-refractivity contribution < 1.29 is 14.6 Å². The largest absolute Gasteiger partial charge is 0.494 e. The maximum absolute atomic E-state index is 10.6. The molecule has 0 bridgehead atoms. The zero-order valence-corrected chi connectivity index (χ0v) is 19.1. The van der Waals surface area contributed by atoms with E-state index in [1.807, 2.05) is 24.3 Å². The first-order valence-electron chi connectivity index (χ1n) is 10.4. The fraction of sp³-hybridized carbons (Fsp3) is 0.391. The van der Waals surface area contributed by atoms with Crippen molar-refractivity contribution in [3.05, 3.63) is 52.5 Å². The number of hydrogen-bond acceptors (Lipinski definition) is 6. The second-order valence-electron chi connectivity index (χ2n) is 7.87. The third-order valence-corrected chi connectivity index (χ3v) is 6.62. The Hall–Kier alpha value is -2.35. The van der Waals surface area contributed by atoms with Crippen LogP contribution in [0.5, 0.6) is 5.75 Å². The van der Waals surface area contributed by atoms with Crippen LogP contribution in [0.15, 0.2) is 36.4 Å². The lowest BCUT2D eigenvalue weighted by atomic mass is 10.1. The summed E-state index contributed by atoms with van der Waals surface area (Å²) in [5.41, 5.74) is 3.37. The van der Waals surface area contributed by atoms with E-state index in [-0.39, 0.29) is 6.42 Å². The predicted molar refractivity (Wildman–Crippen MR) is 126 cm³/mol. The van der Waals surface area contributed by atoms with Gasteiger partial charge in [0.15, 0.2) is 5.13 Å². The van der Waals surface area contributed by atoms with Crippen molar-refractivity contribution in [1.29, 1.82) is 0 Å². The standard InChI is InChI=1S/C23H26ClN3O3S/c1-16-11-17(13-19(12-16)30-10-2-3-22(28)29)15-26-6-8-27(9-7-26)23-25-20-5-4-18(24)14-21(20)31-23/h4-5,11-14H,2-3,6-10,15H2,1H3,(H,28,29). The number of rotatable bonds is 8. The van der Waals surface area contributed by atoms with E-state index in [9.17, 15) is 4.79 Å². The average Bonchev–Trinajstić information content (AvgIpc) is 3.14. The molecule has 31 heavy (non-hydrogen) atoms. The van der Waals surface area contributed by atoms with Crippen LogP contribution in [0, 0.1) is 6.92 Å². The fourth-order valence-electron chi connectivity index (χ4n) is 3.79. The Labute approximate surface area is 191 Å². The van der Waals surface area contributed by atoms with Crippen molar-refractivity contribution in [3.8, 4) is 5.75 Å². The highest BCUT2D eigenvalue weighted by atomic mass is 35.5. The van der Waals surface area contributed by atoms with Gasteiger partial charge in [0.2, 0.25) is 0 Å². The predicted octanol–water partition coefficient (Wildman–Crippen LogP) is 4.82. The first kappa shape index (κ1) is 21.9. The van der Waals surface area contributed by atoms with Crippen LogP contribution in [0.25, 0.3) is 10.2 Å². The van der Waals surface area contributed by atoms with E-state index >= 15 is 0 Å². The van der Waals surface area contributed by atoms with E-state index in [4.69, 9.17) is 26.4 Å². The Kier molecular flexibility index (Phi) is 6.95. The van der Waals surface area contributed by atoms with Crippen LogP contribution >= 0.6 is 22.9 Å². The van der Waals surface area contributed by atoms with Gasteiger partial charge < -0.3 is 14.7 Å². The van der Waals surface area contributed by atoms with Crippen molar-refractivity contribution in [1.82, 2.24) is 9.88 Å². The summed E-state index contributed by atoms with van der Waals surface area (Å²) in [5, 5.41) is 10.6. The number of aryl methyl sites for hydroxylation is 1. The van der Waals surface area contributed by atoms with Crippen molar-refractivity contribution >= 4 is 44.3 Å². The molecule has 164 valence electrons. The summed E-state index contributed by atoms with van der Waals surface area (Å²) in [5.74, 6) is 0.0227. The Bertz CT molecular complexity index is 1060. The van der Waals surface area contributed by atoms with Crippen molar-refractivity contribution in [3.63, 3.8) is 0 Å². The number of thiazole rings is 1. The molecule has 0 spiro atoms. The van der Waals surface area contributed by atoms with E-state index in [0.29, 0.717) is 13.0 Å². The van der Waals surface area contributed by atoms with E-state index in [1.165, 1.54) is 5.56 Å². The number of aromatic nitrogens is 1. The lowest BCUT2D eigenvalue weighted by molar-refractivity contribution is -0.137. The molecule has 0 radical (unpaired) electrons. The summed E-state index contributed by atoms with van der Waals surface area (Å²) < 4.78 is 6.90. The van der Waals surface area contributed by atoms with Gasteiger partial charge in [0.1, 0.15) is 5.75 Å². The first-order valence-corrected chi connectivity index (χ1v) is 11.6. The minimum absolute atomic E-state index is 0.130. The SMILES string of the molecule is Cc1cc(CN2CCN(c3nc4ccc(Cl)cc4s3)CC2)cc(OCCCC(=O)O)c1. The van der Waals surface area contributed by atoms with Crippen LogP contribution < -0.4 is 9.64 Å². The summed E-state index contributed by atoms with van der Waals surface area (Å²) in [6.07, 6.45) is 0.642. The second kappa shape index (κ2) is 9.85. The van der Waals surface area contributed by atoms with E-state index < -0.39 is 5.97 Å². The number of ether oxygens (including phenoxy) is 1. The lowest BCUT2D eigenvalue weighted by Crippen LogP contribution is -2.45. The molecule has 1 fully saturated rings. The third kappa shape index (κ3) is 5.87. The van der Waals surface area contributed by atoms with Gasteiger partial charge >= 0.3 is 5.97 Å². The van der Waals surface area contributed by atoms with Crippen molar-refractivity contribution in [2.45, 2.75) is 26.3 Å². The van der Waals surface area contributed by atoms with Crippen LogP contribution in [0.2, 0.25) is 5.02 Å². The molecule has 2 heterocycles. The molecule has 1 aliphatic rings.